The number of carbonyl (C=O) groups excluding carboxylic acids is 3. The average molecular weight is 608 g/mol. The maximum atomic E-state index is 12.7. The van der Waals surface area contributed by atoms with Crippen molar-refractivity contribution in [2.45, 2.75) is 25.8 Å². The molecule has 0 aliphatic rings. The number of hydrogen-bond donors (Lipinski definition) is 5. The molecular formula is C31H37N5O8. The standard InChI is InChI=1S/C31H37N5O8/c1-20-6-4-5-7-24(20)34-31(41)35-25-10-8-21(14-27(25)43-3)15-29(38)36-28-11-9-22(17-33-28)26(16-30(39)40)32-18-23(37)19-44-13-12-42-2/h4-11,14,17,26,32H,12-13,15-16,18-19H2,1-3H3,(H,39,40)(H,33,36,38)(H2,34,35,41). The number of pyridine rings is 1. The maximum Gasteiger partial charge on any atom is 0.323 e. The minimum atomic E-state index is -1.05. The molecule has 44 heavy (non-hydrogen) atoms. The van der Waals surface area contributed by atoms with E-state index in [1.165, 1.54) is 20.4 Å². The Bertz CT molecular complexity index is 1430. The summed E-state index contributed by atoms with van der Waals surface area (Å²) in [6, 6.07) is 14.5. The van der Waals surface area contributed by atoms with Crippen molar-refractivity contribution >= 4 is 40.9 Å². The minimum Gasteiger partial charge on any atom is -0.495 e. The molecule has 13 nitrogen and oxygen atoms in total. The van der Waals surface area contributed by atoms with Gasteiger partial charge in [0.1, 0.15) is 18.2 Å². The van der Waals surface area contributed by atoms with Gasteiger partial charge in [0.25, 0.3) is 0 Å². The molecule has 0 saturated heterocycles. The summed E-state index contributed by atoms with van der Waals surface area (Å²) in [6.45, 7) is 2.33. The van der Waals surface area contributed by atoms with Crippen LogP contribution in [-0.2, 0) is 30.3 Å². The number of hydrogen-bond acceptors (Lipinski definition) is 9. The van der Waals surface area contributed by atoms with E-state index < -0.39 is 18.0 Å². The molecule has 3 aromatic rings. The fourth-order valence-electron chi connectivity index (χ4n) is 4.09. The smallest absolute Gasteiger partial charge is 0.323 e. The zero-order chi connectivity index (χ0) is 31.9. The molecule has 1 aromatic heterocycles. The van der Waals surface area contributed by atoms with Gasteiger partial charge in [-0.3, -0.25) is 14.4 Å². The van der Waals surface area contributed by atoms with Crippen LogP contribution in [0.1, 0.15) is 29.2 Å². The molecule has 0 aliphatic carbocycles. The SMILES string of the molecule is COCCOCC(=O)CNC(CC(=O)O)c1ccc(NC(=O)Cc2ccc(NC(=O)Nc3ccccc3C)c(OC)c2)nc1. The number of carboxylic acids is 1. The van der Waals surface area contributed by atoms with Gasteiger partial charge in [0.2, 0.25) is 5.91 Å². The number of ketones is 1. The quantitative estimate of drug-likeness (QED) is 0.143. The molecule has 0 spiro atoms. The number of carbonyl (C=O) groups is 4. The number of aromatic nitrogens is 1. The first kappa shape index (κ1) is 33.6. The van der Waals surface area contributed by atoms with Crippen LogP contribution < -0.4 is 26.0 Å². The Hall–Kier alpha value is -4.85. The van der Waals surface area contributed by atoms with Gasteiger partial charge < -0.3 is 40.6 Å². The predicted octanol–water partition coefficient (Wildman–Crippen LogP) is 3.56. The van der Waals surface area contributed by atoms with Crippen molar-refractivity contribution in [2.75, 3.05) is 56.5 Å². The summed E-state index contributed by atoms with van der Waals surface area (Å²) in [5.74, 6) is -0.973. The molecule has 0 bridgehead atoms. The highest BCUT2D eigenvalue weighted by atomic mass is 16.5. The normalized spacial score (nSPS) is 11.3. The largest absolute Gasteiger partial charge is 0.495 e. The van der Waals surface area contributed by atoms with Crippen molar-refractivity contribution in [2.24, 2.45) is 0 Å². The van der Waals surface area contributed by atoms with Gasteiger partial charge in [0, 0.05) is 25.0 Å². The summed E-state index contributed by atoms with van der Waals surface area (Å²) < 4.78 is 15.5. The Labute approximate surface area is 255 Å². The Morgan fingerprint density at radius 3 is 2.39 bits per heavy atom. The second kappa shape index (κ2) is 17.3. The number of carboxylic acid groups (broad SMARTS) is 1. The molecule has 3 amide bonds. The molecule has 1 heterocycles. The first-order valence-corrected chi connectivity index (χ1v) is 13.8. The van der Waals surface area contributed by atoms with Crippen molar-refractivity contribution in [3.63, 3.8) is 0 Å². The van der Waals surface area contributed by atoms with Crippen molar-refractivity contribution in [1.29, 1.82) is 0 Å². The fourth-order valence-corrected chi connectivity index (χ4v) is 4.09. The zero-order valence-electron chi connectivity index (χ0n) is 24.8. The molecule has 1 atom stereocenters. The second-order valence-electron chi connectivity index (χ2n) is 9.75. The highest BCUT2D eigenvalue weighted by Crippen LogP contribution is 2.26. The molecule has 3 rings (SSSR count). The van der Waals surface area contributed by atoms with Crippen molar-refractivity contribution < 1.29 is 38.5 Å². The monoisotopic (exact) mass is 607 g/mol. The number of ether oxygens (including phenoxy) is 3. The summed E-state index contributed by atoms with van der Waals surface area (Å²) in [5.41, 5.74) is 3.22. The number of benzene rings is 2. The maximum absolute atomic E-state index is 12.7. The summed E-state index contributed by atoms with van der Waals surface area (Å²) in [5, 5.41) is 20.5. The highest BCUT2D eigenvalue weighted by molar-refractivity contribution is 6.01. The summed E-state index contributed by atoms with van der Waals surface area (Å²) in [4.78, 5) is 52.9. The molecule has 13 heteroatoms. The van der Waals surface area contributed by atoms with Gasteiger partial charge >= 0.3 is 12.0 Å². The van der Waals surface area contributed by atoms with Crippen molar-refractivity contribution in [3.05, 3.63) is 77.5 Å². The number of urea groups is 1. The van der Waals surface area contributed by atoms with E-state index in [2.05, 4.69) is 26.3 Å². The van der Waals surface area contributed by atoms with E-state index in [0.717, 1.165) is 5.56 Å². The van der Waals surface area contributed by atoms with Gasteiger partial charge in [0.05, 0.1) is 45.4 Å². The number of amides is 3. The van der Waals surface area contributed by atoms with Gasteiger partial charge in [-0.15, -0.1) is 0 Å². The number of methoxy groups -OCH3 is 2. The molecular weight excluding hydrogens is 570 g/mol. The molecule has 0 fully saturated rings. The topological polar surface area (TPSA) is 177 Å². The Kier molecular flexibility index (Phi) is 13.2. The number of anilines is 3. The van der Waals surface area contributed by atoms with E-state index in [0.29, 0.717) is 34.9 Å². The first-order valence-electron chi connectivity index (χ1n) is 13.8. The van der Waals surface area contributed by atoms with Crippen molar-refractivity contribution in [1.82, 2.24) is 10.3 Å². The lowest BCUT2D eigenvalue weighted by Gasteiger charge is -2.17. The highest BCUT2D eigenvalue weighted by Gasteiger charge is 2.18. The summed E-state index contributed by atoms with van der Waals surface area (Å²) in [6.07, 6.45) is 1.18. The Morgan fingerprint density at radius 1 is 0.932 bits per heavy atom. The van der Waals surface area contributed by atoms with E-state index in [1.54, 1.807) is 36.4 Å². The van der Waals surface area contributed by atoms with Crippen LogP contribution >= 0.6 is 0 Å². The van der Waals surface area contributed by atoms with Crippen LogP contribution in [0, 0.1) is 6.92 Å². The number of nitrogens with one attached hydrogen (secondary N) is 4. The van der Waals surface area contributed by atoms with E-state index in [4.69, 9.17) is 14.2 Å². The predicted molar refractivity (Wildman–Crippen MR) is 164 cm³/mol. The molecule has 5 N–H and O–H groups in total. The third kappa shape index (κ3) is 11.1. The first-order chi connectivity index (χ1) is 21.2. The van der Waals surface area contributed by atoms with E-state index >= 15 is 0 Å². The van der Waals surface area contributed by atoms with Crippen LogP contribution in [0.15, 0.2) is 60.8 Å². The fraction of sp³-hybridized carbons (Fsp3) is 0.323. The van der Waals surface area contributed by atoms with E-state index in [-0.39, 0.29) is 50.1 Å². The number of para-hydroxylation sites is 1. The second-order valence-corrected chi connectivity index (χ2v) is 9.75. The lowest BCUT2D eigenvalue weighted by molar-refractivity contribution is -0.138. The van der Waals surface area contributed by atoms with E-state index in [1.807, 2.05) is 25.1 Å². The van der Waals surface area contributed by atoms with Crippen LogP contribution in [-0.4, -0.2) is 74.4 Å². The summed E-state index contributed by atoms with van der Waals surface area (Å²) in [7, 11) is 2.99. The Balaban J connectivity index is 1.55. The average Bonchev–Trinajstić information content (AvgIpc) is 2.99. The third-order valence-electron chi connectivity index (χ3n) is 6.35. The van der Waals surface area contributed by atoms with Gasteiger partial charge in [0.15, 0.2) is 5.78 Å². The molecule has 0 saturated carbocycles. The lowest BCUT2D eigenvalue weighted by atomic mass is 10.1. The van der Waals surface area contributed by atoms with Gasteiger partial charge in [-0.25, -0.2) is 9.78 Å². The number of Topliss-reactive ketones (excluding diaryl/α,β-unsaturated/α-hetero) is 1. The van der Waals surface area contributed by atoms with Crippen LogP contribution in [0.5, 0.6) is 5.75 Å². The Morgan fingerprint density at radius 2 is 1.70 bits per heavy atom. The minimum absolute atomic E-state index is 0.00718. The molecule has 2 aromatic carbocycles. The number of nitrogens with zero attached hydrogens (tertiary/aromatic N) is 1. The van der Waals surface area contributed by atoms with Crippen LogP contribution in [0.2, 0.25) is 0 Å². The third-order valence-corrected chi connectivity index (χ3v) is 6.35. The van der Waals surface area contributed by atoms with Crippen LogP contribution in [0.3, 0.4) is 0 Å². The number of aliphatic carboxylic acids is 1. The number of rotatable bonds is 17. The number of aryl methyl sites for hydroxylation is 1. The van der Waals surface area contributed by atoms with Crippen LogP contribution in [0.4, 0.5) is 22.0 Å². The summed E-state index contributed by atoms with van der Waals surface area (Å²) >= 11 is 0. The molecule has 0 radical (unpaired) electrons. The molecule has 0 aliphatic heterocycles. The van der Waals surface area contributed by atoms with E-state index in [9.17, 15) is 24.3 Å². The molecule has 234 valence electrons. The van der Waals surface area contributed by atoms with Crippen LogP contribution in [0.25, 0.3) is 0 Å². The van der Waals surface area contributed by atoms with Gasteiger partial charge in [-0.05, 0) is 47.9 Å². The zero-order valence-corrected chi connectivity index (χ0v) is 24.8. The van der Waals surface area contributed by atoms with Gasteiger partial charge in [-0.2, -0.15) is 0 Å². The lowest BCUT2D eigenvalue weighted by Crippen LogP contribution is -2.31. The van der Waals surface area contributed by atoms with Gasteiger partial charge in [-0.1, -0.05) is 30.3 Å². The molecule has 1 unspecified atom stereocenters. The van der Waals surface area contributed by atoms with Crippen molar-refractivity contribution in [3.8, 4) is 5.75 Å².